The van der Waals surface area contributed by atoms with Crippen molar-refractivity contribution in [1.82, 2.24) is 19.9 Å². The topological polar surface area (TPSA) is 51.6 Å². The Balaban J connectivity index is 1.21. The highest BCUT2D eigenvalue weighted by Crippen LogP contribution is 2.43. The van der Waals surface area contributed by atoms with Crippen molar-refractivity contribution in [2.45, 2.75) is 0 Å². The van der Waals surface area contributed by atoms with Gasteiger partial charge in [-0.1, -0.05) is 158 Å². The van der Waals surface area contributed by atoms with Gasteiger partial charge < -0.3 is 0 Å². The third-order valence-electron chi connectivity index (χ3n) is 9.76. The third kappa shape index (κ3) is 5.74. The molecule has 0 radical (unpaired) electrons. The van der Waals surface area contributed by atoms with Crippen molar-refractivity contribution in [2.75, 3.05) is 0 Å². The van der Waals surface area contributed by atoms with Crippen molar-refractivity contribution in [1.29, 1.82) is 0 Å². The molecule has 4 nitrogen and oxygen atoms in total. The van der Waals surface area contributed by atoms with Gasteiger partial charge in [-0.2, -0.15) is 0 Å². The van der Waals surface area contributed by atoms with E-state index in [0.717, 1.165) is 59.7 Å². The Morgan fingerprint density at radius 1 is 0.321 bits per heavy atom. The summed E-state index contributed by atoms with van der Waals surface area (Å²) in [4.78, 5) is 20.1. The summed E-state index contributed by atoms with van der Waals surface area (Å²) in [6.07, 6.45) is 0. The standard InChI is InChI=1S/C48H30N4S/c1-4-14-31(15-5-1)45-50-46(32-16-6-2-7-17-32)52-47(51-45)36-24-26-38(35-25-27-43-44(30-35)53-48(49-43)33-18-8-3-9-19-33)41(29-36)42-28-34-20-10-11-21-37(34)39-22-12-13-23-40(39)42/h1-30H. The lowest BCUT2D eigenvalue weighted by atomic mass is 9.88. The molecule has 0 fully saturated rings. The van der Waals surface area contributed by atoms with Crippen LogP contribution in [0.15, 0.2) is 182 Å². The Bertz CT molecular complexity index is 2880. The molecule has 10 aromatic rings. The minimum absolute atomic E-state index is 0.626. The van der Waals surface area contributed by atoms with Crippen molar-refractivity contribution in [3.05, 3.63) is 182 Å². The Morgan fingerprint density at radius 3 is 1.55 bits per heavy atom. The zero-order chi connectivity index (χ0) is 35.1. The molecule has 0 saturated carbocycles. The minimum atomic E-state index is 0.626. The van der Waals surface area contributed by atoms with Gasteiger partial charge >= 0.3 is 0 Å². The van der Waals surface area contributed by atoms with Gasteiger partial charge in [0.2, 0.25) is 0 Å². The fourth-order valence-electron chi connectivity index (χ4n) is 7.17. The number of nitrogens with zero attached hydrogens (tertiary/aromatic N) is 4. The van der Waals surface area contributed by atoms with E-state index in [2.05, 4.69) is 115 Å². The molecular weight excluding hydrogens is 665 g/mol. The zero-order valence-corrected chi connectivity index (χ0v) is 29.3. The average Bonchev–Trinajstić information content (AvgIpc) is 3.68. The molecule has 0 amide bonds. The van der Waals surface area contributed by atoms with Gasteiger partial charge in [-0.05, 0) is 68.1 Å². The molecule has 2 aromatic heterocycles. The molecule has 0 spiro atoms. The number of benzene rings is 8. The van der Waals surface area contributed by atoms with Gasteiger partial charge in [-0.15, -0.1) is 11.3 Å². The lowest BCUT2D eigenvalue weighted by Crippen LogP contribution is -2.00. The lowest BCUT2D eigenvalue weighted by Gasteiger charge is -2.17. The maximum absolute atomic E-state index is 5.09. The van der Waals surface area contributed by atoms with Crippen LogP contribution in [0, 0.1) is 0 Å². The second kappa shape index (κ2) is 13.1. The fourth-order valence-corrected chi connectivity index (χ4v) is 8.18. The van der Waals surface area contributed by atoms with Crippen molar-refractivity contribution >= 4 is 43.1 Å². The van der Waals surface area contributed by atoms with E-state index in [4.69, 9.17) is 19.9 Å². The summed E-state index contributed by atoms with van der Waals surface area (Å²) < 4.78 is 1.15. The van der Waals surface area contributed by atoms with E-state index in [-0.39, 0.29) is 0 Å². The Hall–Kier alpha value is -6.82. The number of rotatable bonds is 6. The van der Waals surface area contributed by atoms with Gasteiger partial charge in [0.25, 0.3) is 0 Å². The highest BCUT2D eigenvalue weighted by molar-refractivity contribution is 7.21. The molecule has 0 aliphatic heterocycles. The SMILES string of the molecule is c1ccc(-c2nc(-c3ccccc3)nc(-c3ccc(-c4ccc5nc(-c6ccccc6)sc5c4)c(-c4cc5ccccc5c5ccccc45)c3)n2)cc1. The third-order valence-corrected chi connectivity index (χ3v) is 10.8. The number of fused-ring (bicyclic) bond motifs is 4. The van der Waals surface area contributed by atoms with E-state index in [9.17, 15) is 0 Å². The minimum Gasteiger partial charge on any atom is -0.236 e. The molecule has 2 heterocycles. The molecular formula is C48H30N4S. The highest BCUT2D eigenvalue weighted by Gasteiger charge is 2.18. The number of hydrogen-bond donors (Lipinski definition) is 0. The maximum atomic E-state index is 5.09. The van der Waals surface area contributed by atoms with Crippen LogP contribution < -0.4 is 0 Å². The predicted octanol–water partition coefficient (Wildman–Crippen LogP) is 12.8. The van der Waals surface area contributed by atoms with Crippen LogP contribution in [0.2, 0.25) is 0 Å². The van der Waals surface area contributed by atoms with Crippen molar-refractivity contribution in [3.63, 3.8) is 0 Å². The molecule has 53 heavy (non-hydrogen) atoms. The van der Waals surface area contributed by atoms with E-state index in [0.29, 0.717) is 17.5 Å². The first-order chi connectivity index (χ1) is 26.2. The van der Waals surface area contributed by atoms with Gasteiger partial charge in [0, 0.05) is 22.3 Å². The van der Waals surface area contributed by atoms with Crippen LogP contribution in [0.4, 0.5) is 0 Å². The van der Waals surface area contributed by atoms with Crippen molar-refractivity contribution in [3.8, 4) is 67.0 Å². The Kier molecular flexibility index (Phi) is 7.63. The Labute approximate surface area is 310 Å². The van der Waals surface area contributed by atoms with Crippen LogP contribution in [-0.2, 0) is 0 Å². The van der Waals surface area contributed by atoms with Gasteiger partial charge in [-0.25, -0.2) is 19.9 Å². The molecule has 0 saturated heterocycles. The van der Waals surface area contributed by atoms with E-state index >= 15 is 0 Å². The summed E-state index contributed by atoms with van der Waals surface area (Å²) in [5.41, 5.74) is 9.46. The molecule has 5 heteroatoms. The lowest BCUT2D eigenvalue weighted by molar-refractivity contribution is 1.07. The summed E-state index contributed by atoms with van der Waals surface area (Å²) in [5, 5.41) is 5.87. The monoisotopic (exact) mass is 694 g/mol. The number of hydrogen-bond acceptors (Lipinski definition) is 5. The summed E-state index contributed by atoms with van der Waals surface area (Å²) >= 11 is 1.73. The van der Waals surface area contributed by atoms with E-state index in [1.165, 1.54) is 21.5 Å². The van der Waals surface area contributed by atoms with Crippen molar-refractivity contribution in [2.24, 2.45) is 0 Å². The number of aromatic nitrogens is 4. The molecule has 0 atom stereocenters. The number of thiazole rings is 1. The average molecular weight is 695 g/mol. The molecule has 8 aromatic carbocycles. The van der Waals surface area contributed by atoms with Crippen molar-refractivity contribution < 1.29 is 0 Å². The molecule has 0 aliphatic rings. The first-order valence-corrected chi connectivity index (χ1v) is 18.5. The maximum Gasteiger partial charge on any atom is 0.164 e. The van der Waals surface area contributed by atoms with Crippen LogP contribution in [-0.4, -0.2) is 19.9 Å². The van der Waals surface area contributed by atoms with Crippen LogP contribution in [0.5, 0.6) is 0 Å². The quantitative estimate of drug-likeness (QED) is 0.163. The first kappa shape index (κ1) is 31.0. The normalized spacial score (nSPS) is 11.4. The van der Waals surface area contributed by atoms with Crippen LogP contribution in [0.25, 0.3) is 98.7 Å². The largest absolute Gasteiger partial charge is 0.236 e. The summed E-state index contributed by atoms with van der Waals surface area (Å²) in [7, 11) is 0. The molecule has 0 aliphatic carbocycles. The molecule has 248 valence electrons. The summed E-state index contributed by atoms with van der Waals surface area (Å²) in [5.74, 6) is 1.91. The van der Waals surface area contributed by atoms with Gasteiger partial charge in [0.15, 0.2) is 17.5 Å². The van der Waals surface area contributed by atoms with E-state index in [1.54, 1.807) is 11.3 Å². The zero-order valence-electron chi connectivity index (χ0n) is 28.5. The van der Waals surface area contributed by atoms with Crippen LogP contribution >= 0.6 is 11.3 Å². The predicted molar refractivity (Wildman–Crippen MR) is 221 cm³/mol. The fraction of sp³-hybridized carbons (Fsp3) is 0. The highest BCUT2D eigenvalue weighted by atomic mass is 32.1. The van der Waals surface area contributed by atoms with E-state index in [1.807, 2.05) is 66.7 Å². The first-order valence-electron chi connectivity index (χ1n) is 17.6. The van der Waals surface area contributed by atoms with Gasteiger partial charge in [-0.3, -0.25) is 0 Å². The second-order valence-electron chi connectivity index (χ2n) is 13.1. The molecule has 0 N–H and O–H groups in total. The molecule has 0 unspecified atom stereocenters. The second-order valence-corrected chi connectivity index (χ2v) is 14.1. The van der Waals surface area contributed by atoms with E-state index < -0.39 is 0 Å². The molecule has 0 bridgehead atoms. The Morgan fingerprint density at radius 2 is 0.868 bits per heavy atom. The van der Waals surface area contributed by atoms with Gasteiger partial charge in [0.05, 0.1) is 10.2 Å². The van der Waals surface area contributed by atoms with Gasteiger partial charge in [0.1, 0.15) is 5.01 Å². The molecule has 10 rings (SSSR count). The van der Waals surface area contributed by atoms with Crippen LogP contribution in [0.3, 0.4) is 0 Å². The summed E-state index contributed by atoms with van der Waals surface area (Å²) in [6, 6.07) is 63.6. The summed E-state index contributed by atoms with van der Waals surface area (Å²) in [6.45, 7) is 0. The smallest absolute Gasteiger partial charge is 0.164 e. The van der Waals surface area contributed by atoms with Crippen LogP contribution in [0.1, 0.15) is 0 Å².